The molecule has 0 bridgehead atoms. The van der Waals surface area contributed by atoms with Crippen molar-refractivity contribution in [2.24, 2.45) is 5.73 Å². The van der Waals surface area contributed by atoms with Crippen molar-refractivity contribution in [1.29, 1.82) is 0 Å². The first-order valence-electron chi connectivity index (χ1n) is 6.48. The highest BCUT2D eigenvalue weighted by Crippen LogP contribution is 2.31. The van der Waals surface area contributed by atoms with E-state index >= 15 is 0 Å². The maximum absolute atomic E-state index is 11.6. The van der Waals surface area contributed by atoms with Crippen LogP contribution in [0.2, 0.25) is 0 Å². The van der Waals surface area contributed by atoms with Crippen LogP contribution in [0.3, 0.4) is 0 Å². The van der Waals surface area contributed by atoms with Gasteiger partial charge in [-0.25, -0.2) is 0 Å². The average Bonchev–Trinajstić information content (AvgIpc) is 2.44. The molecule has 0 aliphatic carbocycles. The lowest BCUT2D eigenvalue weighted by Crippen LogP contribution is -2.37. The monoisotopic (exact) mass is 249 g/mol. The number of benzene rings is 1. The van der Waals surface area contributed by atoms with E-state index in [9.17, 15) is 4.79 Å². The number of carbonyl (C=O) groups excluding carboxylic acids is 1. The van der Waals surface area contributed by atoms with Crippen LogP contribution in [0.25, 0.3) is 0 Å². The van der Waals surface area contributed by atoms with E-state index in [2.05, 4.69) is 38.1 Å². The van der Waals surface area contributed by atoms with Crippen molar-refractivity contribution in [3.05, 3.63) is 35.4 Å². The first-order valence-corrected chi connectivity index (χ1v) is 6.48. The van der Waals surface area contributed by atoms with Crippen LogP contribution in [0.15, 0.2) is 24.3 Å². The molecular formula is C15H23NO2. The van der Waals surface area contributed by atoms with Gasteiger partial charge in [-0.15, -0.1) is 0 Å². The Labute approximate surface area is 109 Å². The molecule has 0 heterocycles. The van der Waals surface area contributed by atoms with Crippen molar-refractivity contribution in [2.75, 3.05) is 13.7 Å². The summed E-state index contributed by atoms with van der Waals surface area (Å²) in [4.78, 5) is 11.6. The molecule has 0 fully saturated rings. The summed E-state index contributed by atoms with van der Waals surface area (Å²) in [7, 11) is 1.42. The molecule has 1 aromatic rings. The van der Waals surface area contributed by atoms with Crippen molar-refractivity contribution in [2.45, 2.75) is 38.5 Å². The van der Waals surface area contributed by atoms with E-state index in [1.807, 2.05) is 0 Å². The van der Waals surface area contributed by atoms with Crippen molar-refractivity contribution in [3.63, 3.8) is 0 Å². The summed E-state index contributed by atoms with van der Waals surface area (Å²) >= 11 is 0. The van der Waals surface area contributed by atoms with Gasteiger partial charge in [0, 0.05) is 12.0 Å². The van der Waals surface area contributed by atoms with Gasteiger partial charge in [0.25, 0.3) is 0 Å². The van der Waals surface area contributed by atoms with Crippen molar-refractivity contribution in [1.82, 2.24) is 0 Å². The zero-order chi connectivity index (χ0) is 13.6. The highest BCUT2D eigenvalue weighted by Gasteiger charge is 2.32. The molecule has 0 aliphatic rings. The predicted octanol–water partition coefficient (Wildman–Crippen LogP) is 2.42. The van der Waals surface area contributed by atoms with Crippen LogP contribution in [0.1, 0.15) is 37.8 Å². The molecule has 1 aromatic carbocycles. The lowest BCUT2D eigenvalue weighted by Gasteiger charge is -2.31. The van der Waals surface area contributed by atoms with Crippen LogP contribution < -0.4 is 5.73 Å². The molecule has 3 nitrogen and oxygen atoms in total. The van der Waals surface area contributed by atoms with Crippen LogP contribution >= 0.6 is 0 Å². The second kappa shape index (κ2) is 6.55. The Balaban J connectivity index is 3.05. The van der Waals surface area contributed by atoms with E-state index in [4.69, 9.17) is 10.5 Å². The highest BCUT2D eigenvalue weighted by molar-refractivity contribution is 5.71. The van der Waals surface area contributed by atoms with Crippen LogP contribution in [-0.4, -0.2) is 19.6 Å². The molecule has 3 heteroatoms. The lowest BCUT2D eigenvalue weighted by molar-refractivity contribution is -0.142. The normalized spacial score (nSPS) is 14.0. The molecule has 1 atom stereocenters. The van der Waals surface area contributed by atoms with Crippen LogP contribution in [-0.2, 0) is 21.4 Å². The number of hydrogen-bond acceptors (Lipinski definition) is 3. The molecule has 0 amide bonds. The zero-order valence-electron chi connectivity index (χ0n) is 11.5. The summed E-state index contributed by atoms with van der Waals surface area (Å²) in [6, 6.07) is 8.37. The minimum Gasteiger partial charge on any atom is -0.469 e. The van der Waals surface area contributed by atoms with Gasteiger partial charge in [0.05, 0.1) is 13.5 Å². The highest BCUT2D eigenvalue weighted by atomic mass is 16.5. The van der Waals surface area contributed by atoms with Crippen LogP contribution in [0, 0.1) is 0 Å². The van der Waals surface area contributed by atoms with Gasteiger partial charge >= 0.3 is 5.97 Å². The molecule has 0 radical (unpaired) electrons. The SMILES string of the molecule is CCc1ccc(C(CC)(CN)CC(=O)OC)cc1. The molecule has 0 aromatic heterocycles. The number of methoxy groups -OCH3 is 1. The molecule has 1 rings (SSSR count). The van der Waals surface area contributed by atoms with Crippen molar-refractivity contribution < 1.29 is 9.53 Å². The van der Waals surface area contributed by atoms with Gasteiger partial charge in [-0.3, -0.25) is 4.79 Å². The smallest absolute Gasteiger partial charge is 0.306 e. The van der Waals surface area contributed by atoms with Gasteiger partial charge in [0.15, 0.2) is 0 Å². The van der Waals surface area contributed by atoms with Crippen LogP contribution in [0.4, 0.5) is 0 Å². The Hall–Kier alpha value is -1.35. The third-order valence-electron chi connectivity index (χ3n) is 3.75. The second-order valence-electron chi connectivity index (χ2n) is 4.64. The van der Waals surface area contributed by atoms with Crippen molar-refractivity contribution >= 4 is 5.97 Å². The quantitative estimate of drug-likeness (QED) is 0.788. The molecule has 1 unspecified atom stereocenters. The van der Waals surface area contributed by atoms with E-state index in [-0.39, 0.29) is 11.4 Å². The van der Waals surface area contributed by atoms with Gasteiger partial charge in [-0.1, -0.05) is 38.1 Å². The van der Waals surface area contributed by atoms with E-state index in [0.29, 0.717) is 13.0 Å². The summed E-state index contributed by atoms with van der Waals surface area (Å²) < 4.78 is 4.78. The summed E-state index contributed by atoms with van der Waals surface area (Å²) in [6.45, 7) is 4.63. The van der Waals surface area contributed by atoms with E-state index in [0.717, 1.165) is 18.4 Å². The molecular weight excluding hydrogens is 226 g/mol. The summed E-state index contributed by atoms with van der Waals surface area (Å²) in [5.74, 6) is -0.207. The first kappa shape index (κ1) is 14.7. The number of esters is 1. The fourth-order valence-corrected chi connectivity index (χ4v) is 2.21. The maximum Gasteiger partial charge on any atom is 0.306 e. The minimum atomic E-state index is -0.306. The second-order valence-corrected chi connectivity index (χ2v) is 4.64. The van der Waals surface area contributed by atoms with E-state index in [1.54, 1.807) is 0 Å². The van der Waals surface area contributed by atoms with Crippen LogP contribution in [0.5, 0.6) is 0 Å². The van der Waals surface area contributed by atoms with Gasteiger partial charge < -0.3 is 10.5 Å². The fourth-order valence-electron chi connectivity index (χ4n) is 2.21. The van der Waals surface area contributed by atoms with Crippen molar-refractivity contribution in [3.8, 4) is 0 Å². The summed E-state index contributed by atoms with van der Waals surface area (Å²) in [5, 5.41) is 0. The molecule has 100 valence electrons. The fraction of sp³-hybridized carbons (Fsp3) is 0.533. The number of aryl methyl sites for hydroxylation is 1. The maximum atomic E-state index is 11.6. The summed E-state index contributed by atoms with van der Waals surface area (Å²) in [6.07, 6.45) is 2.17. The van der Waals surface area contributed by atoms with Gasteiger partial charge in [-0.05, 0) is 24.0 Å². The number of hydrogen-bond donors (Lipinski definition) is 1. The largest absolute Gasteiger partial charge is 0.469 e. The average molecular weight is 249 g/mol. The number of carbonyl (C=O) groups is 1. The van der Waals surface area contributed by atoms with E-state index in [1.165, 1.54) is 12.7 Å². The van der Waals surface area contributed by atoms with Gasteiger partial charge in [0.1, 0.15) is 0 Å². The Morgan fingerprint density at radius 2 is 1.89 bits per heavy atom. The Morgan fingerprint density at radius 1 is 1.28 bits per heavy atom. The zero-order valence-corrected chi connectivity index (χ0v) is 11.5. The number of rotatable bonds is 6. The minimum absolute atomic E-state index is 0.207. The Kier molecular flexibility index (Phi) is 5.35. The number of nitrogens with two attached hydrogens (primary N) is 1. The molecule has 2 N–H and O–H groups in total. The first-order chi connectivity index (χ1) is 8.61. The third kappa shape index (κ3) is 3.10. The molecule has 0 spiro atoms. The number of ether oxygens (including phenoxy) is 1. The standard InChI is InChI=1S/C15H23NO2/c1-4-12-6-8-13(9-7-12)15(5-2,11-16)10-14(17)18-3/h6-9H,4-5,10-11,16H2,1-3H3. The Morgan fingerprint density at radius 3 is 2.28 bits per heavy atom. The Bertz CT molecular complexity index is 380. The van der Waals surface area contributed by atoms with Gasteiger partial charge in [-0.2, -0.15) is 0 Å². The third-order valence-corrected chi connectivity index (χ3v) is 3.75. The van der Waals surface area contributed by atoms with Gasteiger partial charge in [0.2, 0.25) is 0 Å². The molecule has 0 saturated carbocycles. The summed E-state index contributed by atoms with van der Waals surface area (Å²) in [5.41, 5.74) is 8.02. The molecule has 0 saturated heterocycles. The molecule has 18 heavy (non-hydrogen) atoms. The molecule has 0 aliphatic heterocycles. The predicted molar refractivity (Wildman–Crippen MR) is 73.5 cm³/mol. The lowest BCUT2D eigenvalue weighted by atomic mass is 9.75. The topological polar surface area (TPSA) is 52.3 Å². The van der Waals surface area contributed by atoms with E-state index < -0.39 is 0 Å².